The van der Waals surface area contributed by atoms with Crippen LogP contribution in [0.1, 0.15) is 5.56 Å². The molecule has 4 rings (SSSR count). The number of thioether (sulfide) groups is 2. The Bertz CT molecular complexity index is 1260. The van der Waals surface area contributed by atoms with E-state index in [1.807, 2.05) is 18.2 Å². The number of amides is 1. The molecule has 32 heavy (non-hydrogen) atoms. The van der Waals surface area contributed by atoms with E-state index >= 15 is 0 Å². The highest BCUT2D eigenvalue weighted by Gasteiger charge is 2.13. The molecular formula is C20H17N5O4S3. The second-order valence-electron chi connectivity index (χ2n) is 6.44. The zero-order chi connectivity index (χ0) is 22.5. The van der Waals surface area contributed by atoms with E-state index in [9.17, 15) is 14.9 Å². The van der Waals surface area contributed by atoms with E-state index in [0.29, 0.717) is 22.3 Å². The molecule has 0 saturated carbocycles. The number of imidazole rings is 1. The Morgan fingerprint density at radius 3 is 2.91 bits per heavy atom. The Hall–Kier alpha value is -3.09. The van der Waals surface area contributed by atoms with Crippen molar-refractivity contribution in [2.45, 2.75) is 15.2 Å². The summed E-state index contributed by atoms with van der Waals surface area (Å²) in [4.78, 5) is 34.5. The molecule has 1 amide bonds. The van der Waals surface area contributed by atoms with Crippen LogP contribution in [-0.2, 0) is 10.5 Å². The average Bonchev–Trinajstić information content (AvgIpc) is 3.45. The predicted octanol–water partition coefficient (Wildman–Crippen LogP) is 4.96. The number of aromatic amines is 1. The second kappa shape index (κ2) is 10.0. The van der Waals surface area contributed by atoms with Crippen LogP contribution in [-0.4, -0.2) is 38.6 Å². The molecule has 0 atom stereocenters. The number of nitrogens with zero attached hydrogens (tertiary/aromatic N) is 3. The van der Waals surface area contributed by atoms with Gasteiger partial charge < -0.3 is 15.0 Å². The Balaban J connectivity index is 1.41. The number of thiazole rings is 1. The van der Waals surface area contributed by atoms with Crippen molar-refractivity contribution in [3.05, 3.63) is 64.5 Å². The van der Waals surface area contributed by atoms with Crippen molar-refractivity contribution >= 4 is 62.4 Å². The number of fused-ring (bicyclic) bond motifs is 1. The fourth-order valence-corrected chi connectivity index (χ4v) is 5.55. The van der Waals surface area contributed by atoms with Crippen LogP contribution in [0.4, 0.5) is 11.4 Å². The summed E-state index contributed by atoms with van der Waals surface area (Å²) in [5, 5.41) is 14.6. The number of benzene rings is 2. The van der Waals surface area contributed by atoms with Crippen LogP contribution in [0.5, 0.6) is 5.75 Å². The predicted molar refractivity (Wildman–Crippen MR) is 127 cm³/mol. The average molecular weight is 488 g/mol. The molecule has 12 heteroatoms. The maximum Gasteiger partial charge on any atom is 0.270 e. The van der Waals surface area contributed by atoms with Crippen LogP contribution in [0.3, 0.4) is 0 Å². The zero-order valence-corrected chi connectivity index (χ0v) is 19.2. The number of H-pyrrole nitrogens is 1. The molecule has 2 heterocycles. The smallest absolute Gasteiger partial charge is 0.270 e. The molecule has 9 nitrogen and oxygen atoms in total. The fraction of sp³-hybridized carbons (Fsp3) is 0.150. The van der Waals surface area contributed by atoms with Gasteiger partial charge in [-0.1, -0.05) is 23.5 Å². The molecule has 0 radical (unpaired) electrons. The monoisotopic (exact) mass is 487 g/mol. The molecule has 4 aromatic rings. The topological polar surface area (TPSA) is 123 Å². The van der Waals surface area contributed by atoms with Crippen molar-refractivity contribution < 1.29 is 14.5 Å². The largest absolute Gasteiger partial charge is 0.496 e. The minimum absolute atomic E-state index is 0.0243. The third kappa shape index (κ3) is 5.39. The molecule has 0 unspecified atom stereocenters. The minimum Gasteiger partial charge on any atom is -0.496 e. The van der Waals surface area contributed by atoms with E-state index in [-0.39, 0.29) is 17.3 Å². The standard InChI is InChI=1S/C20H17N5O4S3/c1-29-16-5-3-14(25(27)28)8-12(16)10-31-20-24-15-4-2-13(9-17(15)32-20)23-18(26)11-30-19-21-6-7-22-19/h2-9H,10-11H2,1H3,(H,21,22)(H,23,26). The molecule has 0 saturated heterocycles. The second-order valence-corrected chi connectivity index (χ2v) is 9.65. The maximum atomic E-state index is 12.2. The Morgan fingerprint density at radius 1 is 1.28 bits per heavy atom. The number of non-ortho nitro benzene ring substituents is 1. The van der Waals surface area contributed by atoms with Crippen LogP contribution < -0.4 is 10.1 Å². The van der Waals surface area contributed by atoms with Gasteiger partial charge in [0.25, 0.3) is 5.69 Å². The van der Waals surface area contributed by atoms with E-state index in [0.717, 1.165) is 20.1 Å². The van der Waals surface area contributed by atoms with Crippen LogP contribution in [0.15, 0.2) is 58.3 Å². The summed E-state index contributed by atoms with van der Waals surface area (Å²) in [5.74, 6) is 1.21. The summed E-state index contributed by atoms with van der Waals surface area (Å²) in [6, 6.07) is 10.1. The first-order valence-electron chi connectivity index (χ1n) is 9.28. The lowest BCUT2D eigenvalue weighted by atomic mass is 10.2. The van der Waals surface area contributed by atoms with Crippen molar-refractivity contribution in [1.29, 1.82) is 0 Å². The molecule has 2 N–H and O–H groups in total. The number of nitro groups is 1. The number of hydrogen-bond donors (Lipinski definition) is 2. The third-order valence-corrected chi connectivity index (χ3v) is 7.40. The van der Waals surface area contributed by atoms with Crippen molar-refractivity contribution in [2.24, 2.45) is 0 Å². The first-order chi connectivity index (χ1) is 15.5. The van der Waals surface area contributed by atoms with Crippen LogP contribution >= 0.6 is 34.9 Å². The van der Waals surface area contributed by atoms with Crippen molar-refractivity contribution in [3.63, 3.8) is 0 Å². The van der Waals surface area contributed by atoms with Gasteiger partial charge in [-0.2, -0.15) is 0 Å². The highest BCUT2D eigenvalue weighted by molar-refractivity contribution is 8.00. The Kier molecular flexibility index (Phi) is 6.93. The zero-order valence-electron chi connectivity index (χ0n) is 16.7. The number of nitro benzene ring substituents is 1. The first kappa shape index (κ1) is 22.1. The number of hydrogen-bond acceptors (Lipinski definition) is 9. The van der Waals surface area contributed by atoms with Gasteiger partial charge in [0.1, 0.15) is 5.75 Å². The lowest BCUT2D eigenvalue weighted by Gasteiger charge is -2.06. The highest BCUT2D eigenvalue weighted by atomic mass is 32.2. The highest BCUT2D eigenvalue weighted by Crippen LogP contribution is 2.35. The molecule has 0 spiro atoms. The molecule has 0 fully saturated rings. The normalized spacial score (nSPS) is 10.9. The summed E-state index contributed by atoms with van der Waals surface area (Å²) in [6.45, 7) is 0. The Labute approximate surface area is 195 Å². The summed E-state index contributed by atoms with van der Waals surface area (Å²) in [5.41, 5.74) is 2.28. The Morgan fingerprint density at radius 2 is 2.16 bits per heavy atom. The molecule has 2 aromatic heterocycles. The van der Waals surface area contributed by atoms with Crippen molar-refractivity contribution in [3.8, 4) is 5.75 Å². The van der Waals surface area contributed by atoms with Gasteiger partial charge in [0.2, 0.25) is 5.91 Å². The van der Waals surface area contributed by atoms with E-state index in [1.54, 1.807) is 18.5 Å². The van der Waals surface area contributed by atoms with E-state index in [2.05, 4.69) is 20.3 Å². The van der Waals surface area contributed by atoms with Crippen LogP contribution in [0, 0.1) is 10.1 Å². The third-order valence-electron chi connectivity index (χ3n) is 4.29. The summed E-state index contributed by atoms with van der Waals surface area (Å²) < 4.78 is 7.09. The lowest BCUT2D eigenvalue weighted by Crippen LogP contribution is -2.13. The van der Waals surface area contributed by atoms with E-state index < -0.39 is 4.92 Å². The van der Waals surface area contributed by atoms with Crippen LogP contribution in [0.25, 0.3) is 10.2 Å². The molecule has 0 bridgehead atoms. The van der Waals surface area contributed by atoms with Gasteiger partial charge >= 0.3 is 0 Å². The van der Waals surface area contributed by atoms with Crippen LogP contribution in [0.2, 0.25) is 0 Å². The molecule has 164 valence electrons. The van der Waals surface area contributed by atoms with Crippen molar-refractivity contribution in [2.75, 3.05) is 18.2 Å². The van der Waals surface area contributed by atoms with Gasteiger partial charge in [0.05, 0.1) is 28.0 Å². The minimum atomic E-state index is -0.422. The van der Waals surface area contributed by atoms with Gasteiger partial charge in [-0.3, -0.25) is 14.9 Å². The maximum absolute atomic E-state index is 12.2. The van der Waals surface area contributed by atoms with Gasteiger partial charge in [-0.25, -0.2) is 9.97 Å². The summed E-state index contributed by atoms with van der Waals surface area (Å²) in [7, 11) is 1.54. The quantitative estimate of drug-likeness (QED) is 0.193. The summed E-state index contributed by atoms with van der Waals surface area (Å²) >= 11 is 4.31. The molecule has 0 aliphatic rings. The number of methoxy groups -OCH3 is 1. The lowest BCUT2D eigenvalue weighted by molar-refractivity contribution is -0.384. The molecule has 0 aliphatic carbocycles. The SMILES string of the molecule is COc1ccc([N+](=O)[O-])cc1CSc1nc2ccc(NC(=O)CSc3ncc[nH]3)cc2s1. The number of carbonyl (C=O) groups is 1. The fourth-order valence-electron chi connectivity index (χ4n) is 2.83. The number of aromatic nitrogens is 3. The van der Waals surface area contributed by atoms with Crippen molar-refractivity contribution in [1.82, 2.24) is 15.0 Å². The van der Waals surface area contributed by atoms with E-state index in [1.165, 1.54) is 54.1 Å². The van der Waals surface area contributed by atoms with Gasteiger partial charge in [-0.05, 0) is 24.3 Å². The summed E-state index contributed by atoms with van der Waals surface area (Å²) in [6.07, 6.45) is 3.35. The first-order valence-corrected chi connectivity index (χ1v) is 12.1. The van der Waals surface area contributed by atoms with E-state index in [4.69, 9.17) is 4.74 Å². The molecule has 2 aromatic carbocycles. The number of ether oxygens (including phenoxy) is 1. The number of nitrogens with one attached hydrogen (secondary N) is 2. The number of rotatable bonds is 9. The number of carbonyl (C=O) groups excluding carboxylic acids is 1. The van der Waals surface area contributed by atoms with Gasteiger partial charge in [0, 0.05) is 41.5 Å². The number of anilines is 1. The molecule has 0 aliphatic heterocycles. The van der Waals surface area contributed by atoms with Gasteiger partial charge in [-0.15, -0.1) is 11.3 Å². The molecular weight excluding hydrogens is 470 g/mol. The van der Waals surface area contributed by atoms with Gasteiger partial charge in [0.15, 0.2) is 9.50 Å².